The summed E-state index contributed by atoms with van der Waals surface area (Å²) in [5.74, 6) is -0.504. The second-order valence-corrected chi connectivity index (χ2v) is 7.07. The van der Waals surface area contributed by atoms with Gasteiger partial charge in [-0.05, 0) is 43.2 Å². The van der Waals surface area contributed by atoms with Crippen LogP contribution in [0.3, 0.4) is 0 Å². The molecule has 1 heterocycles. The number of aryl methyl sites for hydroxylation is 2. The standard InChI is InChI=1S/C20H19BrN2O3/c1-12-6-7-17-14(11-26-20(17)13(12)2)8-18(24)22-10-19(25)23-16-5-3-4-15(21)9-16/h3-7,9,11H,8,10H2,1-2H3,(H,22,24)(H,23,25). The van der Waals surface area contributed by atoms with E-state index in [2.05, 4.69) is 26.6 Å². The number of rotatable bonds is 5. The number of nitrogens with one attached hydrogen (secondary N) is 2. The van der Waals surface area contributed by atoms with E-state index in [0.29, 0.717) is 5.69 Å². The number of hydrogen-bond donors (Lipinski definition) is 2. The zero-order valence-corrected chi connectivity index (χ0v) is 16.1. The van der Waals surface area contributed by atoms with Gasteiger partial charge in [-0.25, -0.2) is 0 Å². The number of hydrogen-bond acceptors (Lipinski definition) is 3. The van der Waals surface area contributed by atoms with Gasteiger partial charge < -0.3 is 15.1 Å². The smallest absolute Gasteiger partial charge is 0.243 e. The van der Waals surface area contributed by atoms with Crippen LogP contribution in [0.5, 0.6) is 0 Å². The molecule has 1 aromatic heterocycles. The molecule has 134 valence electrons. The van der Waals surface area contributed by atoms with E-state index in [1.807, 2.05) is 38.1 Å². The first-order valence-corrected chi connectivity index (χ1v) is 9.01. The summed E-state index contributed by atoms with van der Waals surface area (Å²) < 4.78 is 6.49. The maximum Gasteiger partial charge on any atom is 0.243 e. The first-order chi connectivity index (χ1) is 12.4. The zero-order valence-electron chi connectivity index (χ0n) is 14.6. The summed E-state index contributed by atoms with van der Waals surface area (Å²) in [5.41, 5.74) is 4.51. The molecule has 0 saturated heterocycles. The van der Waals surface area contributed by atoms with Crippen molar-refractivity contribution in [3.05, 3.63) is 63.8 Å². The van der Waals surface area contributed by atoms with E-state index in [1.165, 1.54) is 0 Å². The van der Waals surface area contributed by atoms with E-state index in [0.717, 1.165) is 32.1 Å². The predicted molar refractivity (Wildman–Crippen MR) is 105 cm³/mol. The van der Waals surface area contributed by atoms with E-state index in [4.69, 9.17) is 4.42 Å². The summed E-state index contributed by atoms with van der Waals surface area (Å²) in [4.78, 5) is 24.1. The van der Waals surface area contributed by atoms with Gasteiger partial charge in [0.05, 0.1) is 19.2 Å². The monoisotopic (exact) mass is 414 g/mol. The quantitative estimate of drug-likeness (QED) is 0.659. The van der Waals surface area contributed by atoms with Gasteiger partial charge in [0.1, 0.15) is 5.58 Å². The van der Waals surface area contributed by atoms with Crippen LogP contribution in [0.25, 0.3) is 11.0 Å². The van der Waals surface area contributed by atoms with E-state index in [9.17, 15) is 9.59 Å². The van der Waals surface area contributed by atoms with Crippen LogP contribution in [-0.2, 0) is 16.0 Å². The highest BCUT2D eigenvalue weighted by Crippen LogP contribution is 2.26. The molecule has 0 aliphatic heterocycles. The molecule has 0 bridgehead atoms. The van der Waals surface area contributed by atoms with Crippen LogP contribution in [0.2, 0.25) is 0 Å². The number of carbonyl (C=O) groups is 2. The zero-order chi connectivity index (χ0) is 18.7. The first-order valence-electron chi connectivity index (χ1n) is 8.22. The van der Waals surface area contributed by atoms with Crippen LogP contribution in [0.4, 0.5) is 5.69 Å². The van der Waals surface area contributed by atoms with Crippen molar-refractivity contribution in [3.63, 3.8) is 0 Å². The van der Waals surface area contributed by atoms with Crippen molar-refractivity contribution in [1.29, 1.82) is 0 Å². The van der Waals surface area contributed by atoms with Crippen LogP contribution in [0.15, 0.2) is 51.6 Å². The van der Waals surface area contributed by atoms with Gasteiger partial charge in [0.2, 0.25) is 11.8 Å². The first kappa shape index (κ1) is 18.2. The molecule has 2 amide bonds. The minimum Gasteiger partial charge on any atom is -0.464 e. The molecule has 2 N–H and O–H groups in total. The van der Waals surface area contributed by atoms with E-state index >= 15 is 0 Å². The fourth-order valence-electron chi connectivity index (χ4n) is 2.71. The summed E-state index contributed by atoms with van der Waals surface area (Å²) in [7, 11) is 0. The molecule has 0 fully saturated rings. The molecular formula is C20H19BrN2O3. The maximum atomic E-state index is 12.2. The minimum atomic E-state index is -0.278. The van der Waals surface area contributed by atoms with Crippen LogP contribution in [0, 0.1) is 13.8 Å². The van der Waals surface area contributed by atoms with Crippen LogP contribution >= 0.6 is 15.9 Å². The fraction of sp³-hybridized carbons (Fsp3) is 0.200. The van der Waals surface area contributed by atoms with Gasteiger partial charge in [0, 0.05) is 21.1 Å². The summed E-state index contributed by atoms with van der Waals surface area (Å²) in [5, 5.41) is 6.31. The molecule has 0 radical (unpaired) electrons. The second kappa shape index (κ2) is 7.74. The average Bonchev–Trinajstić information content (AvgIpc) is 3.00. The molecule has 26 heavy (non-hydrogen) atoms. The largest absolute Gasteiger partial charge is 0.464 e. The van der Waals surface area contributed by atoms with Gasteiger partial charge in [0.15, 0.2) is 0 Å². The number of amides is 2. The summed E-state index contributed by atoms with van der Waals surface area (Å²) >= 11 is 3.35. The molecule has 0 spiro atoms. The topological polar surface area (TPSA) is 71.3 Å². The number of halogens is 1. The van der Waals surface area contributed by atoms with Crippen molar-refractivity contribution < 1.29 is 14.0 Å². The third-order valence-electron chi connectivity index (χ3n) is 4.25. The Morgan fingerprint density at radius 2 is 1.92 bits per heavy atom. The molecule has 6 heteroatoms. The van der Waals surface area contributed by atoms with E-state index in [-0.39, 0.29) is 24.8 Å². The number of furan rings is 1. The van der Waals surface area contributed by atoms with Gasteiger partial charge in [-0.15, -0.1) is 0 Å². The average molecular weight is 415 g/mol. The van der Waals surface area contributed by atoms with Crippen LogP contribution in [-0.4, -0.2) is 18.4 Å². The normalized spacial score (nSPS) is 10.7. The lowest BCUT2D eigenvalue weighted by molar-refractivity contribution is -0.123. The molecule has 0 atom stereocenters. The third-order valence-corrected chi connectivity index (χ3v) is 4.74. The predicted octanol–water partition coefficient (Wildman–Crippen LogP) is 4.11. The number of carbonyl (C=O) groups excluding carboxylic acids is 2. The fourth-order valence-corrected chi connectivity index (χ4v) is 3.11. The molecular weight excluding hydrogens is 396 g/mol. The van der Waals surface area contributed by atoms with Crippen molar-refractivity contribution in [1.82, 2.24) is 5.32 Å². The van der Waals surface area contributed by atoms with E-state index in [1.54, 1.807) is 18.4 Å². The van der Waals surface area contributed by atoms with Crippen molar-refractivity contribution >= 4 is 44.4 Å². The lowest BCUT2D eigenvalue weighted by Crippen LogP contribution is -2.33. The Hall–Kier alpha value is -2.60. The number of anilines is 1. The molecule has 3 aromatic rings. The van der Waals surface area contributed by atoms with Crippen molar-refractivity contribution in [3.8, 4) is 0 Å². The van der Waals surface area contributed by atoms with Crippen LogP contribution < -0.4 is 10.6 Å². The summed E-state index contributed by atoms with van der Waals surface area (Å²) in [6.07, 6.45) is 1.78. The molecule has 0 aliphatic rings. The van der Waals surface area contributed by atoms with Crippen molar-refractivity contribution in [2.24, 2.45) is 0 Å². The Kier molecular flexibility index (Phi) is 5.42. The number of fused-ring (bicyclic) bond motifs is 1. The second-order valence-electron chi connectivity index (χ2n) is 6.16. The lowest BCUT2D eigenvalue weighted by Gasteiger charge is -2.07. The van der Waals surface area contributed by atoms with Gasteiger partial charge in [-0.2, -0.15) is 0 Å². The summed E-state index contributed by atoms with van der Waals surface area (Å²) in [6.45, 7) is 3.93. The molecule has 0 unspecified atom stereocenters. The Morgan fingerprint density at radius 3 is 2.69 bits per heavy atom. The maximum absolute atomic E-state index is 12.2. The Labute approximate surface area is 159 Å². The molecule has 5 nitrogen and oxygen atoms in total. The van der Waals surface area contributed by atoms with Gasteiger partial charge in [-0.3, -0.25) is 9.59 Å². The highest BCUT2D eigenvalue weighted by Gasteiger charge is 2.13. The number of benzene rings is 2. The SMILES string of the molecule is Cc1ccc2c(CC(=O)NCC(=O)Nc3cccc(Br)c3)coc2c1C. The van der Waals surface area contributed by atoms with Gasteiger partial charge in [0.25, 0.3) is 0 Å². The minimum absolute atomic E-state index is 0.0841. The summed E-state index contributed by atoms with van der Waals surface area (Å²) in [6, 6.07) is 11.2. The highest BCUT2D eigenvalue weighted by atomic mass is 79.9. The van der Waals surface area contributed by atoms with Gasteiger partial charge in [-0.1, -0.05) is 34.1 Å². The Morgan fingerprint density at radius 1 is 1.12 bits per heavy atom. The molecule has 2 aromatic carbocycles. The lowest BCUT2D eigenvalue weighted by atomic mass is 10.0. The van der Waals surface area contributed by atoms with Crippen molar-refractivity contribution in [2.75, 3.05) is 11.9 Å². The Balaban J connectivity index is 1.58. The molecule has 3 rings (SSSR count). The Bertz CT molecular complexity index is 978. The molecule has 0 saturated carbocycles. The highest BCUT2D eigenvalue weighted by molar-refractivity contribution is 9.10. The third kappa shape index (κ3) is 4.14. The van der Waals surface area contributed by atoms with Gasteiger partial charge >= 0.3 is 0 Å². The molecule has 0 aliphatic carbocycles. The van der Waals surface area contributed by atoms with Crippen molar-refractivity contribution in [2.45, 2.75) is 20.3 Å². The van der Waals surface area contributed by atoms with E-state index < -0.39 is 0 Å². The van der Waals surface area contributed by atoms with Crippen LogP contribution in [0.1, 0.15) is 16.7 Å².